The zero-order chi connectivity index (χ0) is 33.8. The summed E-state index contributed by atoms with van der Waals surface area (Å²) in [5, 5.41) is 0.589. The smallest absolute Gasteiger partial charge is 0.263 e. The Labute approximate surface area is 295 Å². The van der Waals surface area contributed by atoms with Crippen LogP contribution in [0, 0.1) is 17.8 Å². The van der Waals surface area contributed by atoms with Crippen LogP contribution < -0.4 is 14.4 Å². The van der Waals surface area contributed by atoms with Crippen molar-refractivity contribution >= 4 is 34.2 Å². The lowest BCUT2D eigenvalue weighted by Gasteiger charge is -2.46. The molecule has 1 saturated carbocycles. The van der Waals surface area contributed by atoms with E-state index in [1.807, 2.05) is 25.1 Å². The minimum absolute atomic E-state index is 0.0508. The van der Waals surface area contributed by atoms with E-state index in [0.29, 0.717) is 24.0 Å². The van der Waals surface area contributed by atoms with E-state index < -0.39 is 11.0 Å². The van der Waals surface area contributed by atoms with Crippen molar-refractivity contribution in [1.29, 1.82) is 0 Å². The molecule has 6 unspecified atom stereocenters. The number of likely N-dealkylation sites (tertiary alicyclic amines) is 1. The zero-order valence-electron chi connectivity index (χ0n) is 29.2. The van der Waals surface area contributed by atoms with E-state index in [4.69, 9.17) is 21.1 Å². The number of hydrogen-bond acceptors (Lipinski definition) is 6. The SMILES string of the molecule is CCN1CCCC1.COC1/C=C/CC(C)C(C)S(=O)NC(=O)c2ccc3c(c2)N(CC2CCC21)C[C@@]1(CCCc2cc(Cl)ccc21)CO3. The summed E-state index contributed by atoms with van der Waals surface area (Å²) in [7, 11) is 0.305. The summed E-state index contributed by atoms with van der Waals surface area (Å²) in [6.45, 7) is 12.4. The summed E-state index contributed by atoms with van der Waals surface area (Å²) >= 11 is 6.41. The molecule has 3 heterocycles. The number of aryl methyl sites for hydroxylation is 1. The summed E-state index contributed by atoms with van der Waals surface area (Å²) in [6, 6.07) is 12.0. The fraction of sp³-hybridized carbons (Fsp3) is 0.615. The second-order valence-corrected chi connectivity index (χ2v) is 16.7. The third-order valence-corrected chi connectivity index (χ3v) is 13.5. The molecule has 262 valence electrons. The van der Waals surface area contributed by atoms with Crippen molar-refractivity contribution in [3.05, 3.63) is 70.3 Å². The predicted molar refractivity (Wildman–Crippen MR) is 197 cm³/mol. The maximum absolute atomic E-state index is 13.3. The average Bonchev–Trinajstić information content (AvgIpc) is 3.57. The van der Waals surface area contributed by atoms with Gasteiger partial charge >= 0.3 is 0 Å². The van der Waals surface area contributed by atoms with Gasteiger partial charge in [-0.2, -0.15) is 0 Å². The summed E-state index contributed by atoms with van der Waals surface area (Å²) < 4.78 is 28.5. The van der Waals surface area contributed by atoms with Gasteiger partial charge in [0.05, 0.1) is 23.6 Å². The maximum Gasteiger partial charge on any atom is 0.263 e. The van der Waals surface area contributed by atoms with Crippen molar-refractivity contribution in [2.75, 3.05) is 51.3 Å². The Morgan fingerprint density at radius 3 is 2.62 bits per heavy atom. The molecule has 3 aliphatic heterocycles. The molecule has 1 spiro atoms. The van der Waals surface area contributed by atoms with Gasteiger partial charge in [0, 0.05) is 36.2 Å². The molecule has 1 amide bonds. The normalized spacial score (nSPS) is 32.8. The van der Waals surface area contributed by atoms with Gasteiger partial charge in [0.2, 0.25) is 0 Å². The van der Waals surface area contributed by atoms with Gasteiger partial charge in [0.1, 0.15) is 16.7 Å². The first-order valence-corrected chi connectivity index (χ1v) is 19.7. The first-order chi connectivity index (χ1) is 23.2. The lowest BCUT2D eigenvalue weighted by atomic mass is 9.68. The third kappa shape index (κ3) is 7.67. The van der Waals surface area contributed by atoms with Crippen LogP contribution in [0.4, 0.5) is 5.69 Å². The quantitative estimate of drug-likeness (QED) is 0.332. The van der Waals surface area contributed by atoms with Crippen molar-refractivity contribution in [2.45, 2.75) is 88.9 Å². The van der Waals surface area contributed by atoms with Crippen LogP contribution in [-0.4, -0.2) is 72.8 Å². The number of nitrogens with zero attached hydrogens (tertiary/aromatic N) is 2. The lowest BCUT2D eigenvalue weighted by Crippen LogP contribution is -2.49. The number of halogens is 1. The van der Waals surface area contributed by atoms with Crippen LogP contribution in [0.2, 0.25) is 5.02 Å². The molecule has 0 radical (unpaired) electrons. The van der Waals surface area contributed by atoms with Gasteiger partial charge in [-0.25, -0.2) is 4.21 Å². The molecule has 1 saturated heterocycles. The van der Waals surface area contributed by atoms with E-state index in [1.165, 1.54) is 43.6 Å². The predicted octanol–water partition coefficient (Wildman–Crippen LogP) is 7.33. The summed E-state index contributed by atoms with van der Waals surface area (Å²) in [6.07, 6.45) is 13.5. The Hall–Kier alpha value is -2.39. The first-order valence-electron chi connectivity index (χ1n) is 18.2. The second-order valence-electron chi connectivity index (χ2n) is 14.7. The van der Waals surface area contributed by atoms with Crippen molar-refractivity contribution < 1.29 is 18.5 Å². The molecular weight excluding hydrogens is 642 g/mol. The minimum atomic E-state index is -1.50. The van der Waals surface area contributed by atoms with Crippen molar-refractivity contribution in [3.8, 4) is 5.75 Å². The van der Waals surface area contributed by atoms with E-state index in [9.17, 15) is 9.00 Å². The van der Waals surface area contributed by atoms with Gasteiger partial charge in [-0.3, -0.25) is 9.52 Å². The monoisotopic (exact) mass is 695 g/mol. The van der Waals surface area contributed by atoms with Crippen LogP contribution in [0.15, 0.2) is 48.6 Å². The van der Waals surface area contributed by atoms with Crippen LogP contribution >= 0.6 is 11.6 Å². The van der Waals surface area contributed by atoms with E-state index >= 15 is 0 Å². The summed E-state index contributed by atoms with van der Waals surface area (Å²) in [4.78, 5) is 18.3. The van der Waals surface area contributed by atoms with E-state index in [-0.39, 0.29) is 28.6 Å². The van der Waals surface area contributed by atoms with Gasteiger partial charge in [-0.1, -0.05) is 43.7 Å². The topological polar surface area (TPSA) is 71.1 Å². The number of allylic oxidation sites excluding steroid dienone is 1. The first kappa shape index (κ1) is 35.4. The molecule has 2 aromatic carbocycles. The molecular formula is C39H54ClN3O4S. The second kappa shape index (κ2) is 15.7. The Bertz CT molecular complexity index is 1500. The molecule has 0 aromatic heterocycles. The molecule has 9 heteroatoms. The Kier molecular flexibility index (Phi) is 11.6. The highest BCUT2D eigenvalue weighted by atomic mass is 35.5. The van der Waals surface area contributed by atoms with E-state index in [1.54, 1.807) is 13.2 Å². The molecule has 2 bridgehead atoms. The highest BCUT2D eigenvalue weighted by Gasteiger charge is 2.44. The Morgan fingerprint density at radius 1 is 1.10 bits per heavy atom. The van der Waals surface area contributed by atoms with Crippen LogP contribution in [0.3, 0.4) is 0 Å². The van der Waals surface area contributed by atoms with Crippen LogP contribution in [0.1, 0.15) is 87.2 Å². The third-order valence-electron chi connectivity index (χ3n) is 11.7. The fourth-order valence-electron chi connectivity index (χ4n) is 8.36. The Balaban J connectivity index is 0.000000510. The fourth-order valence-corrected chi connectivity index (χ4v) is 9.57. The van der Waals surface area contributed by atoms with E-state index in [0.717, 1.165) is 68.1 Å². The van der Waals surface area contributed by atoms with Crippen LogP contribution in [0.25, 0.3) is 0 Å². The summed E-state index contributed by atoms with van der Waals surface area (Å²) in [5.41, 5.74) is 3.90. The molecule has 2 aromatic rings. The lowest BCUT2D eigenvalue weighted by molar-refractivity contribution is 0.0131. The number of carbonyl (C=O) groups is 1. The molecule has 7 nitrogen and oxygen atoms in total. The number of nitrogens with one attached hydrogen (secondary N) is 1. The molecule has 7 atom stereocenters. The number of carbonyl (C=O) groups excluding carboxylic acids is 1. The van der Waals surface area contributed by atoms with Crippen LogP contribution in [-0.2, 0) is 27.6 Å². The largest absolute Gasteiger partial charge is 0.490 e. The standard InChI is InChI=1S/C33H41ClN2O4S.C6H13N/c1-21-6-4-8-30(39-3)27-12-9-25(27)18-36-19-33(15-5-7-23-16-26(34)11-13-28(23)33)20-40-31-14-10-24(17-29(31)36)32(37)35-41(38)22(21)2;1-2-7-5-3-4-6-7/h4,8,10-11,13-14,16-17,21-22,25,27,30H,5-7,9,12,15,18-20H2,1-3H3,(H,35,37);2-6H2,1H3/b8-4+;/t21?,22?,25?,27?,30?,33-,41?;/m0./s1. The number of ether oxygens (including phenoxy) is 2. The molecule has 5 aliphatic rings. The molecule has 1 N–H and O–H groups in total. The van der Waals surface area contributed by atoms with Gasteiger partial charge < -0.3 is 19.3 Å². The van der Waals surface area contributed by atoms with Gasteiger partial charge in [0.25, 0.3) is 5.91 Å². The molecule has 2 fully saturated rings. The number of hydrogen-bond donors (Lipinski definition) is 1. The zero-order valence-corrected chi connectivity index (χ0v) is 30.8. The van der Waals surface area contributed by atoms with Gasteiger partial charge in [-0.05, 0) is 137 Å². The van der Waals surface area contributed by atoms with Crippen LogP contribution in [0.5, 0.6) is 5.75 Å². The number of benzene rings is 2. The highest BCUT2D eigenvalue weighted by molar-refractivity contribution is 7.84. The number of amides is 1. The van der Waals surface area contributed by atoms with Crippen molar-refractivity contribution in [3.63, 3.8) is 0 Å². The van der Waals surface area contributed by atoms with Gasteiger partial charge in [-0.15, -0.1) is 0 Å². The number of anilines is 1. The molecule has 7 rings (SSSR count). The highest BCUT2D eigenvalue weighted by Crippen LogP contribution is 2.47. The average molecular weight is 696 g/mol. The summed E-state index contributed by atoms with van der Waals surface area (Å²) in [5.74, 6) is 1.53. The van der Waals surface area contributed by atoms with Crippen molar-refractivity contribution in [2.24, 2.45) is 17.8 Å². The number of rotatable bonds is 2. The molecule has 2 aliphatic carbocycles. The number of fused-ring (bicyclic) bond motifs is 4. The molecule has 48 heavy (non-hydrogen) atoms. The van der Waals surface area contributed by atoms with Gasteiger partial charge in [0.15, 0.2) is 0 Å². The maximum atomic E-state index is 13.3. The van der Waals surface area contributed by atoms with E-state index in [2.05, 4.69) is 52.7 Å². The Morgan fingerprint density at radius 2 is 1.92 bits per heavy atom. The van der Waals surface area contributed by atoms with Crippen molar-refractivity contribution in [1.82, 2.24) is 9.62 Å². The minimum Gasteiger partial charge on any atom is -0.490 e. The number of methoxy groups -OCH3 is 1.